The average Bonchev–Trinajstić information content (AvgIpc) is 2.97. The number of sulfonamides is 1. The van der Waals surface area contributed by atoms with Crippen LogP contribution < -0.4 is 9.62 Å². The maximum atomic E-state index is 12.3. The minimum Gasteiger partial charge on any atom is -0.381 e. The molecule has 1 aromatic rings. The van der Waals surface area contributed by atoms with Crippen LogP contribution in [-0.4, -0.2) is 46.5 Å². The minimum atomic E-state index is -3.22. The van der Waals surface area contributed by atoms with Gasteiger partial charge in [0.25, 0.3) is 0 Å². The fourth-order valence-electron chi connectivity index (χ4n) is 3.46. The lowest BCUT2D eigenvalue weighted by molar-refractivity contribution is 0.0723. The third-order valence-electron chi connectivity index (χ3n) is 4.85. The number of para-hydroxylation sites is 1. The highest BCUT2D eigenvalue weighted by molar-refractivity contribution is 7.89. The molecule has 1 aromatic carbocycles. The number of hydrogen-bond donors (Lipinski definition) is 1. The van der Waals surface area contributed by atoms with Gasteiger partial charge in [0.15, 0.2) is 0 Å². The molecule has 3 rings (SSSR count). The largest absolute Gasteiger partial charge is 0.381 e. The van der Waals surface area contributed by atoms with Crippen molar-refractivity contribution >= 4 is 15.7 Å². The van der Waals surface area contributed by atoms with E-state index >= 15 is 0 Å². The van der Waals surface area contributed by atoms with E-state index in [9.17, 15) is 8.42 Å². The zero-order valence-electron chi connectivity index (χ0n) is 13.7. The highest BCUT2D eigenvalue weighted by atomic mass is 32.2. The quantitative estimate of drug-likeness (QED) is 0.859. The van der Waals surface area contributed by atoms with Crippen LogP contribution in [0, 0.1) is 5.92 Å². The molecular formula is C17H26N2O3S. The standard InChI is InChI=1S/C17H26N2O3S/c1-14(19-9-6-16-4-2-3-5-17(16)19)12-18-23(20,21)13-15-7-10-22-11-8-15/h2-5,14-15,18H,6-13H2,1H3/t14-/m0/s1. The summed E-state index contributed by atoms with van der Waals surface area (Å²) in [6, 6.07) is 8.53. The first-order valence-corrected chi connectivity index (χ1v) is 10.1. The van der Waals surface area contributed by atoms with E-state index in [1.54, 1.807) is 0 Å². The van der Waals surface area contributed by atoms with E-state index in [0.717, 1.165) is 25.8 Å². The summed E-state index contributed by atoms with van der Waals surface area (Å²) in [6.07, 6.45) is 2.72. The molecule has 1 atom stereocenters. The highest BCUT2D eigenvalue weighted by Gasteiger charge is 2.25. The second-order valence-electron chi connectivity index (χ2n) is 6.61. The summed E-state index contributed by atoms with van der Waals surface area (Å²) in [7, 11) is -3.22. The van der Waals surface area contributed by atoms with Crippen LogP contribution in [0.4, 0.5) is 5.69 Å². The van der Waals surface area contributed by atoms with Crippen LogP contribution in [0.5, 0.6) is 0 Å². The summed E-state index contributed by atoms with van der Waals surface area (Å²) < 4.78 is 32.7. The van der Waals surface area contributed by atoms with Gasteiger partial charge in [0, 0.05) is 38.0 Å². The smallest absolute Gasteiger partial charge is 0.211 e. The molecular weight excluding hydrogens is 312 g/mol. The normalized spacial score (nSPS) is 20.5. The third-order valence-corrected chi connectivity index (χ3v) is 6.37. The Kier molecular flexibility index (Phi) is 5.24. The number of rotatable bonds is 6. The first-order valence-electron chi connectivity index (χ1n) is 8.45. The molecule has 0 saturated carbocycles. The van der Waals surface area contributed by atoms with Gasteiger partial charge in [0.05, 0.1) is 5.75 Å². The van der Waals surface area contributed by atoms with Crippen LogP contribution in [0.3, 0.4) is 0 Å². The van der Waals surface area contributed by atoms with E-state index in [2.05, 4.69) is 34.7 Å². The average molecular weight is 338 g/mol. The van der Waals surface area contributed by atoms with Crippen molar-refractivity contribution in [3.63, 3.8) is 0 Å². The van der Waals surface area contributed by atoms with Crippen LogP contribution >= 0.6 is 0 Å². The fourth-order valence-corrected chi connectivity index (χ4v) is 5.03. The summed E-state index contributed by atoms with van der Waals surface area (Å²) in [5, 5.41) is 0. The molecule has 1 fully saturated rings. The first kappa shape index (κ1) is 16.7. The van der Waals surface area contributed by atoms with Crippen molar-refractivity contribution < 1.29 is 13.2 Å². The van der Waals surface area contributed by atoms with Crippen LogP contribution in [0.25, 0.3) is 0 Å². The molecule has 6 heteroatoms. The molecule has 128 valence electrons. The van der Waals surface area contributed by atoms with Gasteiger partial charge in [0.2, 0.25) is 10.0 Å². The zero-order valence-corrected chi connectivity index (χ0v) is 14.5. The summed E-state index contributed by atoms with van der Waals surface area (Å²) in [5.41, 5.74) is 2.59. The van der Waals surface area contributed by atoms with Gasteiger partial charge in [0.1, 0.15) is 0 Å². The predicted octanol–water partition coefficient (Wildman–Crippen LogP) is 1.78. The van der Waals surface area contributed by atoms with Gasteiger partial charge in [-0.2, -0.15) is 0 Å². The fraction of sp³-hybridized carbons (Fsp3) is 0.647. The number of nitrogens with zero attached hydrogens (tertiary/aromatic N) is 1. The summed E-state index contributed by atoms with van der Waals surface area (Å²) in [5.74, 6) is 0.448. The van der Waals surface area contributed by atoms with Gasteiger partial charge in [-0.3, -0.25) is 0 Å². The second-order valence-corrected chi connectivity index (χ2v) is 8.46. The summed E-state index contributed by atoms with van der Waals surface area (Å²) in [4.78, 5) is 2.30. The van der Waals surface area contributed by atoms with E-state index in [-0.39, 0.29) is 17.7 Å². The molecule has 0 aliphatic carbocycles. The number of nitrogens with one attached hydrogen (secondary N) is 1. The van der Waals surface area contributed by atoms with Crippen molar-refractivity contribution in [2.45, 2.75) is 32.2 Å². The monoisotopic (exact) mass is 338 g/mol. The number of benzene rings is 1. The van der Waals surface area contributed by atoms with Crippen molar-refractivity contribution in [2.75, 3.05) is 37.0 Å². The van der Waals surface area contributed by atoms with Gasteiger partial charge < -0.3 is 9.64 Å². The highest BCUT2D eigenvalue weighted by Crippen LogP contribution is 2.29. The van der Waals surface area contributed by atoms with Crippen molar-refractivity contribution in [1.29, 1.82) is 0 Å². The van der Waals surface area contributed by atoms with Crippen molar-refractivity contribution in [3.05, 3.63) is 29.8 Å². The van der Waals surface area contributed by atoms with Crippen LogP contribution in [0.2, 0.25) is 0 Å². The Balaban J connectivity index is 1.53. The predicted molar refractivity (Wildman–Crippen MR) is 92.3 cm³/mol. The van der Waals surface area contributed by atoms with Crippen LogP contribution in [0.15, 0.2) is 24.3 Å². The third kappa shape index (κ3) is 4.25. The maximum absolute atomic E-state index is 12.3. The Hall–Kier alpha value is -1.11. The van der Waals surface area contributed by atoms with E-state index in [1.165, 1.54) is 11.3 Å². The molecule has 1 N–H and O–H groups in total. The lowest BCUT2D eigenvalue weighted by atomic mass is 10.0. The van der Waals surface area contributed by atoms with Gasteiger partial charge in [-0.15, -0.1) is 0 Å². The van der Waals surface area contributed by atoms with Gasteiger partial charge >= 0.3 is 0 Å². The number of ether oxygens (including phenoxy) is 1. The number of hydrogen-bond acceptors (Lipinski definition) is 4. The van der Waals surface area contributed by atoms with Crippen molar-refractivity contribution in [2.24, 2.45) is 5.92 Å². The molecule has 2 heterocycles. The molecule has 0 spiro atoms. The molecule has 0 bridgehead atoms. The summed E-state index contributed by atoms with van der Waals surface area (Å²) >= 11 is 0. The Morgan fingerprint density at radius 2 is 2.04 bits per heavy atom. The Morgan fingerprint density at radius 3 is 2.83 bits per heavy atom. The molecule has 1 saturated heterocycles. The van der Waals surface area contributed by atoms with Crippen LogP contribution in [-0.2, 0) is 21.2 Å². The molecule has 23 heavy (non-hydrogen) atoms. The van der Waals surface area contributed by atoms with Crippen LogP contribution in [0.1, 0.15) is 25.3 Å². The molecule has 0 amide bonds. The molecule has 0 radical (unpaired) electrons. The number of anilines is 1. The van der Waals surface area contributed by atoms with Crippen molar-refractivity contribution in [3.8, 4) is 0 Å². The topological polar surface area (TPSA) is 58.6 Å². The zero-order chi connectivity index (χ0) is 16.3. The van der Waals surface area contributed by atoms with E-state index < -0.39 is 10.0 Å². The first-order chi connectivity index (χ1) is 11.1. The molecule has 2 aliphatic rings. The summed E-state index contributed by atoms with van der Waals surface area (Å²) in [6.45, 7) is 4.86. The molecule has 2 aliphatic heterocycles. The van der Waals surface area contributed by atoms with Gasteiger partial charge in [-0.25, -0.2) is 13.1 Å². The Bertz CT molecular complexity index is 626. The van der Waals surface area contributed by atoms with E-state index in [4.69, 9.17) is 4.74 Å². The van der Waals surface area contributed by atoms with Crippen molar-refractivity contribution in [1.82, 2.24) is 4.72 Å². The van der Waals surface area contributed by atoms with E-state index in [0.29, 0.717) is 19.8 Å². The molecule has 5 nitrogen and oxygen atoms in total. The number of fused-ring (bicyclic) bond motifs is 1. The lowest BCUT2D eigenvalue weighted by Gasteiger charge is -2.28. The molecule has 0 aromatic heterocycles. The Labute approximate surface area is 139 Å². The Morgan fingerprint density at radius 1 is 1.30 bits per heavy atom. The van der Waals surface area contributed by atoms with Gasteiger partial charge in [-0.1, -0.05) is 18.2 Å². The maximum Gasteiger partial charge on any atom is 0.211 e. The van der Waals surface area contributed by atoms with Gasteiger partial charge in [-0.05, 0) is 43.7 Å². The van der Waals surface area contributed by atoms with E-state index in [1.807, 2.05) is 6.07 Å². The minimum absolute atomic E-state index is 0.156. The lowest BCUT2D eigenvalue weighted by Crippen LogP contribution is -2.43. The molecule has 0 unspecified atom stereocenters. The second kappa shape index (κ2) is 7.20. The SMILES string of the molecule is C[C@@H](CNS(=O)(=O)CC1CCOCC1)N1CCc2ccccc21.